The van der Waals surface area contributed by atoms with Gasteiger partial charge in [0.1, 0.15) is 0 Å². The summed E-state index contributed by atoms with van der Waals surface area (Å²) in [5.41, 5.74) is 0.458. The lowest BCUT2D eigenvalue weighted by Gasteiger charge is -2.35. The van der Waals surface area contributed by atoms with E-state index in [4.69, 9.17) is 10.2 Å². The monoisotopic (exact) mass is 286 g/mol. The summed E-state index contributed by atoms with van der Waals surface area (Å²) in [5.74, 6) is -2.53. The molecule has 0 amide bonds. The van der Waals surface area contributed by atoms with Crippen molar-refractivity contribution in [3.05, 3.63) is 23.8 Å². The van der Waals surface area contributed by atoms with Gasteiger partial charge >= 0.3 is 11.9 Å². The zero-order valence-corrected chi connectivity index (χ0v) is 11.9. The molecule has 2 atom stereocenters. The van der Waals surface area contributed by atoms with Crippen LogP contribution in [0.25, 0.3) is 0 Å². The molecule has 0 aromatic carbocycles. The van der Waals surface area contributed by atoms with Crippen molar-refractivity contribution in [1.82, 2.24) is 0 Å². The Hall–Kier alpha value is -1.66. The van der Waals surface area contributed by atoms with Crippen molar-refractivity contribution in [3.63, 3.8) is 0 Å². The summed E-state index contributed by atoms with van der Waals surface area (Å²) in [4.78, 5) is 19.1. The molecule has 0 radical (unpaired) electrons. The second-order valence-corrected chi connectivity index (χ2v) is 5.31. The van der Waals surface area contributed by atoms with E-state index in [1.807, 2.05) is 13.0 Å². The molecule has 0 spiro atoms. The van der Waals surface area contributed by atoms with Crippen molar-refractivity contribution in [2.24, 2.45) is 5.92 Å². The molecule has 1 aliphatic rings. The Kier molecular flexibility index (Phi) is 7.17. The summed E-state index contributed by atoms with van der Waals surface area (Å²) < 4.78 is 0. The Balaban J connectivity index is 0.000000396. The standard InChI is InChI=1S/C10H18O2.C4H4O4/c1-7-4-5-8(9(11)6-7)10(2,3)12;5-3(6)1-2-4(7)8/h6,8-9,11-12H,4-5H2,1-3H3;1-2H,(H,5,6)(H,7,8). The molecule has 1 aliphatic carbocycles. The normalized spacial score (nSPS) is 22.8. The summed E-state index contributed by atoms with van der Waals surface area (Å²) in [6, 6.07) is 0. The average molecular weight is 286 g/mol. The molecule has 0 fully saturated rings. The van der Waals surface area contributed by atoms with Crippen LogP contribution in [0.1, 0.15) is 33.6 Å². The van der Waals surface area contributed by atoms with Crippen LogP contribution in [-0.2, 0) is 9.59 Å². The lowest BCUT2D eigenvalue weighted by molar-refractivity contribution is -0.134. The molecule has 0 aromatic heterocycles. The highest BCUT2D eigenvalue weighted by Crippen LogP contribution is 2.31. The van der Waals surface area contributed by atoms with Gasteiger partial charge in [0.2, 0.25) is 0 Å². The lowest BCUT2D eigenvalue weighted by atomic mass is 9.78. The van der Waals surface area contributed by atoms with Crippen molar-refractivity contribution in [3.8, 4) is 0 Å². The lowest BCUT2D eigenvalue weighted by Crippen LogP contribution is -2.40. The highest BCUT2D eigenvalue weighted by Gasteiger charge is 2.33. The number of hydrogen-bond donors (Lipinski definition) is 4. The third kappa shape index (κ3) is 7.70. The smallest absolute Gasteiger partial charge is 0.328 e. The Morgan fingerprint density at radius 3 is 2.00 bits per heavy atom. The largest absolute Gasteiger partial charge is 0.478 e. The molecule has 6 nitrogen and oxygen atoms in total. The zero-order valence-electron chi connectivity index (χ0n) is 11.9. The summed E-state index contributed by atoms with van der Waals surface area (Å²) in [7, 11) is 0. The van der Waals surface area contributed by atoms with Crippen LogP contribution in [0.4, 0.5) is 0 Å². The van der Waals surface area contributed by atoms with Crippen LogP contribution >= 0.6 is 0 Å². The molecule has 0 saturated carbocycles. The van der Waals surface area contributed by atoms with Crippen molar-refractivity contribution in [2.75, 3.05) is 0 Å². The number of carboxylic acid groups (broad SMARTS) is 2. The molecule has 4 N–H and O–H groups in total. The second kappa shape index (κ2) is 7.81. The van der Waals surface area contributed by atoms with Gasteiger partial charge in [0.25, 0.3) is 0 Å². The number of allylic oxidation sites excluding steroid dienone is 1. The number of aliphatic carboxylic acids is 2. The van der Waals surface area contributed by atoms with E-state index in [0.717, 1.165) is 12.8 Å². The fourth-order valence-electron chi connectivity index (χ4n) is 1.96. The van der Waals surface area contributed by atoms with Crippen LogP contribution in [0.15, 0.2) is 23.8 Å². The summed E-state index contributed by atoms with van der Waals surface area (Å²) >= 11 is 0. The Morgan fingerprint density at radius 2 is 1.70 bits per heavy atom. The fourth-order valence-corrected chi connectivity index (χ4v) is 1.96. The van der Waals surface area contributed by atoms with Gasteiger partial charge in [-0.1, -0.05) is 11.6 Å². The first kappa shape index (κ1) is 18.3. The maximum atomic E-state index is 9.71. The van der Waals surface area contributed by atoms with Crippen LogP contribution < -0.4 is 0 Å². The molecule has 0 heterocycles. The Labute approximate surface area is 118 Å². The number of carboxylic acids is 2. The van der Waals surface area contributed by atoms with E-state index in [0.29, 0.717) is 12.2 Å². The van der Waals surface area contributed by atoms with Crippen molar-refractivity contribution >= 4 is 11.9 Å². The van der Waals surface area contributed by atoms with Crippen molar-refractivity contribution in [1.29, 1.82) is 0 Å². The van der Waals surface area contributed by atoms with Crippen LogP contribution in [0.3, 0.4) is 0 Å². The van der Waals surface area contributed by atoms with Crippen LogP contribution in [0, 0.1) is 5.92 Å². The van der Waals surface area contributed by atoms with E-state index >= 15 is 0 Å². The van der Waals surface area contributed by atoms with Gasteiger partial charge in [0, 0.05) is 18.1 Å². The van der Waals surface area contributed by atoms with Crippen LogP contribution in [0.2, 0.25) is 0 Å². The summed E-state index contributed by atoms with van der Waals surface area (Å²) in [5, 5.41) is 35.0. The van der Waals surface area contributed by atoms with Crippen LogP contribution in [0.5, 0.6) is 0 Å². The predicted molar refractivity (Wildman–Crippen MR) is 73.2 cm³/mol. The molecule has 0 aliphatic heterocycles. The molecule has 114 valence electrons. The summed E-state index contributed by atoms with van der Waals surface area (Å²) in [6.07, 6.45) is 4.37. The maximum absolute atomic E-state index is 9.71. The predicted octanol–water partition coefficient (Wildman–Crippen LogP) is 1.19. The maximum Gasteiger partial charge on any atom is 0.328 e. The Morgan fingerprint density at radius 1 is 1.25 bits per heavy atom. The van der Waals surface area contributed by atoms with E-state index in [1.54, 1.807) is 13.8 Å². The number of aliphatic hydroxyl groups excluding tert-OH is 1. The SMILES string of the molecule is CC1=CC(O)C(C(C)(C)O)CC1.O=C(O)C=CC(=O)O. The number of hydrogen-bond acceptors (Lipinski definition) is 4. The highest BCUT2D eigenvalue weighted by molar-refractivity contribution is 5.89. The molecule has 0 aromatic rings. The van der Waals surface area contributed by atoms with Gasteiger partial charge in [0.05, 0.1) is 11.7 Å². The summed E-state index contributed by atoms with van der Waals surface area (Å²) in [6.45, 7) is 5.54. The van der Waals surface area contributed by atoms with Gasteiger partial charge in [-0.15, -0.1) is 0 Å². The second-order valence-electron chi connectivity index (χ2n) is 5.31. The topological polar surface area (TPSA) is 115 Å². The van der Waals surface area contributed by atoms with E-state index in [-0.39, 0.29) is 5.92 Å². The zero-order chi connectivity index (χ0) is 15.9. The molecular formula is C14H22O6. The van der Waals surface area contributed by atoms with E-state index < -0.39 is 23.6 Å². The van der Waals surface area contributed by atoms with Gasteiger partial charge in [-0.2, -0.15) is 0 Å². The van der Waals surface area contributed by atoms with E-state index in [2.05, 4.69) is 0 Å². The van der Waals surface area contributed by atoms with Gasteiger partial charge in [-0.05, 0) is 33.6 Å². The molecule has 6 heteroatoms. The van der Waals surface area contributed by atoms with Gasteiger partial charge in [-0.25, -0.2) is 9.59 Å². The third-order valence-electron chi connectivity index (χ3n) is 2.99. The third-order valence-corrected chi connectivity index (χ3v) is 2.99. The molecular weight excluding hydrogens is 264 g/mol. The molecule has 1 rings (SSSR count). The number of carbonyl (C=O) groups is 2. The average Bonchev–Trinajstić information content (AvgIpc) is 2.25. The minimum Gasteiger partial charge on any atom is -0.478 e. The van der Waals surface area contributed by atoms with Gasteiger partial charge in [-0.3, -0.25) is 0 Å². The van der Waals surface area contributed by atoms with Crippen LogP contribution in [-0.4, -0.2) is 44.1 Å². The van der Waals surface area contributed by atoms with E-state index in [1.165, 1.54) is 5.57 Å². The minimum absolute atomic E-state index is 0.0128. The van der Waals surface area contributed by atoms with E-state index in [9.17, 15) is 19.8 Å². The first-order valence-corrected chi connectivity index (χ1v) is 6.25. The molecule has 2 unspecified atom stereocenters. The highest BCUT2D eigenvalue weighted by atomic mass is 16.4. The Bertz CT molecular complexity index is 386. The van der Waals surface area contributed by atoms with Gasteiger partial charge < -0.3 is 20.4 Å². The minimum atomic E-state index is -1.26. The van der Waals surface area contributed by atoms with Crippen molar-refractivity contribution < 1.29 is 30.0 Å². The first-order valence-electron chi connectivity index (χ1n) is 6.25. The molecule has 0 saturated heterocycles. The first-order chi connectivity index (χ1) is 9.04. The number of rotatable bonds is 3. The molecule has 20 heavy (non-hydrogen) atoms. The molecule has 0 bridgehead atoms. The quantitative estimate of drug-likeness (QED) is 0.457. The van der Waals surface area contributed by atoms with Crippen molar-refractivity contribution in [2.45, 2.75) is 45.3 Å². The number of aliphatic hydroxyl groups is 2. The van der Waals surface area contributed by atoms with Gasteiger partial charge in [0.15, 0.2) is 0 Å². The fraction of sp³-hybridized carbons (Fsp3) is 0.571.